The number of carbonyl (C=O) groups is 1. The van der Waals surface area contributed by atoms with Crippen molar-refractivity contribution in [1.82, 2.24) is 0 Å². The van der Waals surface area contributed by atoms with Crippen molar-refractivity contribution < 1.29 is 23.1 Å². The van der Waals surface area contributed by atoms with E-state index in [1.54, 1.807) is 6.92 Å². The molecule has 0 amide bonds. The zero-order valence-corrected chi connectivity index (χ0v) is 10.9. The van der Waals surface area contributed by atoms with Gasteiger partial charge in [0, 0.05) is 5.69 Å². The van der Waals surface area contributed by atoms with E-state index in [0.29, 0.717) is 0 Å². The number of rotatable bonds is 5. The number of sulfonamides is 1. The van der Waals surface area contributed by atoms with Crippen molar-refractivity contribution in [1.29, 1.82) is 0 Å². The molecule has 1 unspecified atom stereocenters. The van der Waals surface area contributed by atoms with Crippen LogP contribution in [0.4, 0.5) is 5.69 Å². The van der Waals surface area contributed by atoms with Gasteiger partial charge in [-0.05, 0) is 24.6 Å². The Morgan fingerprint density at radius 3 is 2.72 bits per heavy atom. The molecule has 1 atom stereocenters. The van der Waals surface area contributed by atoms with Crippen molar-refractivity contribution in [2.75, 3.05) is 17.6 Å². The number of aliphatic hydroxyl groups excluding tert-OH is 1. The third-order valence-electron chi connectivity index (χ3n) is 2.02. The Bertz CT molecular complexity index is 526. The van der Waals surface area contributed by atoms with Crippen LogP contribution in [0, 0.1) is 0 Å². The molecule has 0 fully saturated rings. The minimum absolute atomic E-state index is 0.164. The summed E-state index contributed by atoms with van der Waals surface area (Å²) in [6, 6.07) is 5.94. The second kappa shape index (κ2) is 5.83. The fourth-order valence-corrected chi connectivity index (χ4v) is 1.90. The molecule has 0 bridgehead atoms. The van der Waals surface area contributed by atoms with E-state index in [9.17, 15) is 18.3 Å². The van der Waals surface area contributed by atoms with Crippen LogP contribution >= 0.6 is 0 Å². The zero-order chi connectivity index (χ0) is 13.8. The Balaban J connectivity index is 2.91. The Morgan fingerprint density at radius 1 is 1.50 bits per heavy atom. The largest absolute Gasteiger partial charge is 0.464 e. The van der Waals surface area contributed by atoms with Gasteiger partial charge in [0.05, 0.1) is 12.9 Å². The maximum Gasteiger partial charge on any atom is 0.339 e. The number of esters is 1. The molecule has 100 valence electrons. The van der Waals surface area contributed by atoms with Gasteiger partial charge >= 0.3 is 5.97 Å². The molecule has 0 aliphatic heterocycles. The second-order valence-electron chi connectivity index (χ2n) is 3.65. The fraction of sp³-hybridized carbons (Fsp3) is 0.364. The molecule has 0 spiro atoms. The third-order valence-corrected chi connectivity index (χ3v) is 2.62. The predicted octanol–water partition coefficient (Wildman–Crippen LogP) is 0.655. The normalized spacial score (nSPS) is 12.8. The lowest BCUT2D eigenvalue weighted by Crippen LogP contribution is -2.16. The smallest absolute Gasteiger partial charge is 0.339 e. The molecule has 0 saturated carbocycles. The molecular weight excluding hydrogens is 258 g/mol. The van der Waals surface area contributed by atoms with E-state index in [2.05, 4.69) is 9.46 Å². The topological polar surface area (TPSA) is 92.7 Å². The summed E-state index contributed by atoms with van der Waals surface area (Å²) in [5.41, 5.74) is 0.542. The van der Waals surface area contributed by atoms with E-state index in [0.717, 1.165) is 6.26 Å². The molecule has 6 nitrogen and oxygen atoms in total. The van der Waals surface area contributed by atoms with Crippen molar-refractivity contribution in [2.24, 2.45) is 0 Å². The van der Waals surface area contributed by atoms with E-state index in [-0.39, 0.29) is 17.9 Å². The second-order valence-corrected chi connectivity index (χ2v) is 5.40. The van der Waals surface area contributed by atoms with Gasteiger partial charge in [-0.1, -0.05) is 12.1 Å². The lowest BCUT2D eigenvalue weighted by molar-refractivity contribution is -0.153. The highest BCUT2D eigenvalue weighted by Crippen LogP contribution is 2.19. The van der Waals surface area contributed by atoms with E-state index < -0.39 is 22.1 Å². The van der Waals surface area contributed by atoms with Crippen molar-refractivity contribution >= 4 is 21.7 Å². The molecule has 18 heavy (non-hydrogen) atoms. The number of ether oxygens (including phenoxy) is 1. The summed E-state index contributed by atoms with van der Waals surface area (Å²) >= 11 is 0. The molecule has 0 heterocycles. The minimum atomic E-state index is -3.40. The van der Waals surface area contributed by atoms with Gasteiger partial charge in [-0.15, -0.1) is 0 Å². The number of carbonyl (C=O) groups excluding carboxylic acids is 1. The summed E-state index contributed by atoms with van der Waals surface area (Å²) in [6.45, 7) is 1.80. The van der Waals surface area contributed by atoms with Crippen molar-refractivity contribution in [2.45, 2.75) is 13.0 Å². The van der Waals surface area contributed by atoms with E-state index in [4.69, 9.17) is 0 Å². The van der Waals surface area contributed by atoms with E-state index >= 15 is 0 Å². The summed E-state index contributed by atoms with van der Waals surface area (Å²) in [5.74, 6) is -0.769. The Hall–Kier alpha value is -1.60. The molecule has 7 heteroatoms. The van der Waals surface area contributed by atoms with Crippen LogP contribution in [-0.2, 0) is 19.6 Å². The average molecular weight is 273 g/mol. The van der Waals surface area contributed by atoms with Crippen molar-refractivity contribution in [3.63, 3.8) is 0 Å². The average Bonchev–Trinajstić information content (AvgIpc) is 2.26. The first kappa shape index (κ1) is 14.5. The lowest BCUT2D eigenvalue weighted by Gasteiger charge is -2.11. The zero-order valence-electron chi connectivity index (χ0n) is 10.1. The molecule has 0 saturated heterocycles. The van der Waals surface area contributed by atoms with Gasteiger partial charge in [0.2, 0.25) is 10.0 Å². The van der Waals surface area contributed by atoms with Crippen LogP contribution in [0.25, 0.3) is 0 Å². The van der Waals surface area contributed by atoms with Gasteiger partial charge in [0.1, 0.15) is 0 Å². The van der Waals surface area contributed by atoms with Gasteiger partial charge in [0.15, 0.2) is 6.10 Å². The molecule has 0 aliphatic carbocycles. The summed E-state index contributed by atoms with van der Waals surface area (Å²) in [4.78, 5) is 11.3. The van der Waals surface area contributed by atoms with Crippen LogP contribution in [-0.4, -0.2) is 32.4 Å². The molecule has 1 aromatic rings. The summed E-state index contributed by atoms with van der Waals surface area (Å²) in [7, 11) is -3.40. The molecule has 0 aliphatic rings. The fourth-order valence-electron chi connectivity index (χ4n) is 1.34. The van der Waals surface area contributed by atoms with Gasteiger partial charge < -0.3 is 9.84 Å². The van der Waals surface area contributed by atoms with Crippen LogP contribution in [0.1, 0.15) is 18.6 Å². The van der Waals surface area contributed by atoms with Gasteiger partial charge in [-0.25, -0.2) is 13.2 Å². The quantitative estimate of drug-likeness (QED) is 0.769. The lowest BCUT2D eigenvalue weighted by atomic mass is 10.1. The first-order valence-electron chi connectivity index (χ1n) is 5.26. The van der Waals surface area contributed by atoms with Crippen LogP contribution in [0.5, 0.6) is 0 Å². The summed E-state index contributed by atoms with van der Waals surface area (Å²) in [5, 5.41) is 9.69. The number of benzene rings is 1. The Kier molecular flexibility index (Phi) is 4.69. The van der Waals surface area contributed by atoms with E-state index in [1.807, 2.05) is 0 Å². The molecular formula is C11H15NO5S. The van der Waals surface area contributed by atoms with Crippen LogP contribution < -0.4 is 4.72 Å². The highest BCUT2D eigenvalue weighted by molar-refractivity contribution is 7.92. The van der Waals surface area contributed by atoms with Crippen molar-refractivity contribution in [3.05, 3.63) is 29.8 Å². The highest BCUT2D eigenvalue weighted by atomic mass is 32.2. The van der Waals surface area contributed by atoms with Crippen LogP contribution in [0.2, 0.25) is 0 Å². The first-order valence-corrected chi connectivity index (χ1v) is 7.15. The molecule has 0 aromatic heterocycles. The maximum atomic E-state index is 11.3. The molecule has 1 rings (SSSR count). The highest BCUT2D eigenvalue weighted by Gasteiger charge is 2.18. The number of aliphatic hydroxyl groups is 1. The molecule has 0 radical (unpaired) electrons. The maximum absolute atomic E-state index is 11.3. The third kappa shape index (κ3) is 4.34. The van der Waals surface area contributed by atoms with Gasteiger partial charge in [-0.3, -0.25) is 4.72 Å². The number of anilines is 1. The van der Waals surface area contributed by atoms with Gasteiger partial charge in [-0.2, -0.15) is 0 Å². The first-order chi connectivity index (χ1) is 8.33. The summed E-state index contributed by atoms with van der Waals surface area (Å²) in [6.07, 6.45) is -0.409. The number of hydrogen-bond acceptors (Lipinski definition) is 5. The Labute approximate surface area is 106 Å². The minimum Gasteiger partial charge on any atom is -0.464 e. The number of hydrogen-bond donors (Lipinski definition) is 2. The predicted molar refractivity (Wildman–Crippen MR) is 66.5 cm³/mol. The van der Waals surface area contributed by atoms with Gasteiger partial charge in [0.25, 0.3) is 0 Å². The molecule has 2 N–H and O–H groups in total. The van der Waals surface area contributed by atoms with Crippen LogP contribution in [0.15, 0.2) is 24.3 Å². The standard InChI is InChI=1S/C11H15NO5S/c1-3-17-11(14)10(13)8-5-4-6-9(7-8)12-18(2,15)16/h4-7,10,12-13H,3H2,1-2H3. The monoisotopic (exact) mass is 273 g/mol. The van der Waals surface area contributed by atoms with Crippen molar-refractivity contribution in [3.8, 4) is 0 Å². The Morgan fingerprint density at radius 2 is 2.17 bits per heavy atom. The molecule has 1 aromatic carbocycles. The number of nitrogens with one attached hydrogen (secondary N) is 1. The van der Waals surface area contributed by atoms with Crippen LogP contribution in [0.3, 0.4) is 0 Å². The van der Waals surface area contributed by atoms with E-state index in [1.165, 1.54) is 24.3 Å². The summed E-state index contributed by atoms with van der Waals surface area (Å²) < 4.78 is 29.0. The SMILES string of the molecule is CCOC(=O)C(O)c1cccc(NS(C)(=O)=O)c1.